The molecule has 1 atom stereocenters. The molecule has 1 aliphatic heterocycles. The van der Waals surface area contributed by atoms with Crippen molar-refractivity contribution in [2.45, 2.75) is 32.9 Å². The van der Waals surface area contributed by atoms with E-state index in [0.717, 1.165) is 48.0 Å². The van der Waals surface area contributed by atoms with Crippen LogP contribution in [0.15, 0.2) is 49.2 Å². The molecule has 1 aromatic carbocycles. The molecule has 5 rings (SSSR count). The Morgan fingerprint density at radius 3 is 2.86 bits per heavy atom. The SMILES string of the molecule is Cc1cc(C)n(-c2cccc(CN3CCc4[nH]cnc4[C@@H]3c3cnc[nH]3)c2)n1. The lowest BCUT2D eigenvalue weighted by Crippen LogP contribution is -2.36. The summed E-state index contributed by atoms with van der Waals surface area (Å²) >= 11 is 0. The monoisotopic (exact) mass is 373 g/mol. The highest BCUT2D eigenvalue weighted by Crippen LogP contribution is 2.33. The Hall–Kier alpha value is -3.19. The summed E-state index contributed by atoms with van der Waals surface area (Å²) in [5.74, 6) is 0. The van der Waals surface area contributed by atoms with Gasteiger partial charge in [-0.1, -0.05) is 12.1 Å². The third-order valence-electron chi connectivity index (χ3n) is 5.39. The van der Waals surface area contributed by atoms with Gasteiger partial charge in [-0.05, 0) is 37.6 Å². The van der Waals surface area contributed by atoms with Gasteiger partial charge in [0.25, 0.3) is 0 Å². The van der Waals surface area contributed by atoms with E-state index in [2.05, 4.69) is 67.2 Å². The molecule has 3 aromatic heterocycles. The van der Waals surface area contributed by atoms with Crippen LogP contribution >= 0.6 is 0 Å². The van der Waals surface area contributed by atoms with E-state index in [4.69, 9.17) is 0 Å². The van der Waals surface area contributed by atoms with Crippen molar-refractivity contribution < 1.29 is 0 Å². The normalized spacial score (nSPS) is 17.0. The van der Waals surface area contributed by atoms with Gasteiger partial charge < -0.3 is 9.97 Å². The number of H-pyrrole nitrogens is 2. The van der Waals surface area contributed by atoms with Gasteiger partial charge in [0.2, 0.25) is 0 Å². The number of hydrogen-bond acceptors (Lipinski definition) is 4. The fraction of sp³-hybridized carbons (Fsp3) is 0.286. The lowest BCUT2D eigenvalue weighted by atomic mass is 9.99. The average Bonchev–Trinajstić information content (AvgIpc) is 3.43. The van der Waals surface area contributed by atoms with E-state index in [1.54, 1.807) is 12.7 Å². The summed E-state index contributed by atoms with van der Waals surface area (Å²) in [5, 5.41) is 4.62. The van der Waals surface area contributed by atoms with Crippen molar-refractivity contribution >= 4 is 0 Å². The van der Waals surface area contributed by atoms with Crippen molar-refractivity contribution in [3.05, 3.63) is 83.2 Å². The zero-order valence-corrected chi connectivity index (χ0v) is 16.1. The lowest BCUT2D eigenvalue weighted by molar-refractivity contribution is 0.197. The highest BCUT2D eigenvalue weighted by molar-refractivity contribution is 5.37. The molecule has 0 spiro atoms. The van der Waals surface area contributed by atoms with Gasteiger partial charge in [0.05, 0.1) is 41.5 Å². The first kappa shape index (κ1) is 16.9. The largest absolute Gasteiger partial charge is 0.348 e. The molecule has 1 aliphatic rings. The van der Waals surface area contributed by atoms with Crippen LogP contribution in [0.2, 0.25) is 0 Å². The van der Waals surface area contributed by atoms with Gasteiger partial charge in [-0.3, -0.25) is 4.90 Å². The fourth-order valence-corrected chi connectivity index (χ4v) is 4.17. The molecule has 0 saturated heterocycles. The smallest absolute Gasteiger partial charge is 0.0965 e. The molecule has 0 radical (unpaired) electrons. The second kappa shape index (κ2) is 6.76. The Labute approximate surface area is 163 Å². The number of nitrogens with zero attached hydrogens (tertiary/aromatic N) is 5. The first-order valence-electron chi connectivity index (χ1n) is 9.56. The molecule has 4 aromatic rings. The Bertz CT molecular complexity index is 1090. The predicted octanol–water partition coefficient (Wildman–Crippen LogP) is 3.08. The van der Waals surface area contributed by atoms with E-state index in [0.29, 0.717) is 0 Å². The van der Waals surface area contributed by atoms with E-state index in [1.165, 1.54) is 11.3 Å². The average molecular weight is 373 g/mol. The molecule has 0 fully saturated rings. The number of nitrogens with one attached hydrogen (secondary N) is 2. The van der Waals surface area contributed by atoms with Crippen LogP contribution in [0.5, 0.6) is 0 Å². The molecule has 28 heavy (non-hydrogen) atoms. The second-order valence-corrected chi connectivity index (χ2v) is 7.41. The molecule has 7 nitrogen and oxygen atoms in total. The van der Waals surface area contributed by atoms with Crippen LogP contribution in [0.4, 0.5) is 0 Å². The summed E-state index contributed by atoms with van der Waals surface area (Å²) in [6.07, 6.45) is 6.39. The van der Waals surface area contributed by atoms with E-state index < -0.39 is 0 Å². The van der Waals surface area contributed by atoms with Crippen LogP contribution in [0.25, 0.3) is 5.69 Å². The topological polar surface area (TPSA) is 78.4 Å². The molecule has 0 amide bonds. The molecule has 0 saturated carbocycles. The minimum absolute atomic E-state index is 0.0786. The first-order chi connectivity index (χ1) is 13.7. The highest BCUT2D eigenvalue weighted by atomic mass is 15.3. The van der Waals surface area contributed by atoms with Crippen molar-refractivity contribution in [2.24, 2.45) is 0 Å². The Kier molecular flexibility index (Phi) is 4.09. The van der Waals surface area contributed by atoms with Crippen LogP contribution in [0.3, 0.4) is 0 Å². The van der Waals surface area contributed by atoms with E-state index in [-0.39, 0.29) is 6.04 Å². The van der Waals surface area contributed by atoms with Gasteiger partial charge in [0, 0.05) is 37.1 Å². The van der Waals surface area contributed by atoms with Crippen molar-refractivity contribution in [2.75, 3.05) is 6.54 Å². The molecule has 0 bridgehead atoms. The third-order valence-corrected chi connectivity index (χ3v) is 5.39. The van der Waals surface area contributed by atoms with Crippen LogP contribution in [-0.2, 0) is 13.0 Å². The number of benzene rings is 1. The van der Waals surface area contributed by atoms with Gasteiger partial charge >= 0.3 is 0 Å². The summed E-state index contributed by atoms with van der Waals surface area (Å²) in [6, 6.07) is 10.8. The van der Waals surface area contributed by atoms with Crippen LogP contribution < -0.4 is 0 Å². The summed E-state index contributed by atoms with van der Waals surface area (Å²) in [6.45, 7) is 5.91. The number of aromatic nitrogens is 6. The molecule has 4 heterocycles. The van der Waals surface area contributed by atoms with Crippen molar-refractivity contribution in [3.8, 4) is 5.69 Å². The minimum atomic E-state index is 0.0786. The number of rotatable bonds is 4. The Morgan fingerprint density at radius 1 is 1.14 bits per heavy atom. The molecule has 142 valence electrons. The third kappa shape index (κ3) is 2.93. The fourth-order valence-electron chi connectivity index (χ4n) is 4.17. The quantitative estimate of drug-likeness (QED) is 0.576. The zero-order chi connectivity index (χ0) is 19.1. The summed E-state index contributed by atoms with van der Waals surface area (Å²) < 4.78 is 2.01. The van der Waals surface area contributed by atoms with Gasteiger partial charge in [-0.2, -0.15) is 5.10 Å². The Balaban J connectivity index is 1.47. The molecule has 0 unspecified atom stereocenters. The Morgan fingerprint density at radius 2 is 2.07 bits per heavy atom. The van der Waals surface area contributed by atoms with Crippen LogP contribution in [0.1, 0.15) is 40.1 Å². The molecular formula is C21H23N7. The second-order valence-electron chi connectivity index (χ2n) is 7.41. The summed E-state index contributed by atoms with van der Waals surface area (Å²) in [4.78, 5) is 17.9. The van der Waals surface area contributed by atoms with Crippen LogP contribution in [0, 0.1) is 13.8 Å². The van der Waals surface area contributed by atoms with E-state index >= 15 is 0 Å². The zero-order valence-electron chi connectivity index (χ0n) is 16.1. The first-order valence-corrected chi connectivity index (χ1v) is 9.56. The number of aromatic amines is 2. The summed E-state index contributed by atoms with van der Waals surface area (Å²) in [5.41, 5.74) is 7.90. The molecular weight excluding hydrogens is 350 g/mol. The van der Waals surface area contributed by atoms with Crippen molar-refractivity contribution in [1.29, 1.82) is 0 Å². The van der Waals surface area contributed by atoms with Crippen molar-refractivity contribution in [1.82, 2.24) is 34.6 Å². The van der Waals surface area contributed by atoms with Gasteiger partial charge in [0.15, 0.2) is 0 Å². The number of hydrogen-bond donors (Lipinski definition) is 2. The molecule has 7 heteroatoms. The maximum atomic E-state index is 4.62. The van der Waals surface area contributed by atoms with E-state index in [1.807, 2.05) is 17.8 Å². The van der Waals surface area contributed by atoms with Gasteiger partial charge in [-0.15, -0.1) is 0 Å². The lowest BCUT2D eigenvalue weighted by Gasteiger charge is -2.34. The predicted molar refractivity (Wildman–Crippen MR) is 106 cm³/mol. The van der Waals surface area contributed by atoms with Gasteiger partial charge in [0.1, 0.15) is 0 Å². The molecule has 2 N–H and O–H groups in total. The highest BCUT2D eigenvalue weighted by Gasteiger charge is 2.31. The van der Waals surface area contributed by atoms with Gasteiger partial charge in [-0.25, -0.2) is 14.6 Å². The number of imidazole rings is 2. The van der Waals surface area contributed by atoms with Crippen molar-refractivity contribution in [3.63, 3.8) is 0 Å². The number of fused-ring (bicyclic) bond motifs is 1. The molecule has 0 aliphatic carbocycles. The number of aryl methyl sites for hydroxylation is 2. The maximum Gasteiger partial charge on any atom is 0.0965 e. The maximum absolute atomic E-state index is 4.62. The van der Waals surface area contributed by atoms with Crippen LogP contribution in [-0.4, -0.2) is 41.2 Å². The minimum Gasteiger partial charge on any atom is -0.348 e. The summed E-state index contributed by atoms with van der Waals surface area (Å²) in [7, 11) is 0. The standard InChI is InChI=1S/C21H23N7/c1-14-8-15(2)28(26-14)17-5-3-4-16(9-17)11-27-7-6-18-20(25-13-24-18)21(27)19-10-22-12-23-19/h3-5,8-10,12-13,21H,6-7,11H2,1-2H3,(H,22,23)(H,24,25)/t21-/m0/s1. The van der Waals surface area contributed by atoms with E-state index in [9.17, 15) is 0 Å².